The first-order valence-corrected chi connectivity index (χ1v) is 9.00. The predicted molar refractivity (Wildman–Crippen MR) is 84.5 cm³/mol. The average Bonchev–Trinajstić information content (AvgIpc) is 2.35. The quantitative estimate of drug-likeness (QED) is 0.793. The number of rotatable bonds is 8. The highest BCUT2D eigenvalue weighted by atomic mass is 32.2. The number of hydrogen-bond donors (Lipinski definition) is 1. The second-order valence-corrected chi connectivity index (χ2v) is 7.98. The van der Waals surface area contributed by atoms with E-state index < -0.39 is 9.84 Å². The van der Waals surface area contributed by atoms with Crippen LogP contribution < -0.4 is 5.32 Å². The van der Waals surface area contributed by atoms with Gasteiger partial charge in [-0.05, 0) is 18.2 Å². The molecule has 0 radical (unpaired) electrons. The molecule has 0 aromatic heterocycles. The second kappa shape index (κ2) is 7.76. The summed E-state index contributed by atoms with van der Waals surface area (Å²) in [4.78, 5) is 2.03. The molecular weight excluding hydrogens is 272 g/mol. The van der Waals surface area contributed by atoms with Crippen LogP contribution in [0.3, 0.4) is 0 Å². The van der Waals surface area contributed by atoms with Crippen LogP contribution in [0, 0.1) is 0 Å². The molecule has 0 unspecified atom stereocenters. The number of nitrogens with one attached hydrogen (secondary N) is 1. The van der Waals surface area contributed by atoms with Gasteiger partial charge in [0.25, 0.3) is 0 Å². The molecule has 0 saturated carbocycles. The number of nitrogens with zero attached hydrogens (tertiary/aromatic N) is 1. The lowest BCUT2D eigenvalue weighted by Crippen LogP contribution is -2.25. The van der Waals surface area contributed by atoms with Crippen molar-refractivity contribution in [2.24, 2.45) is 0 Å². The predicted octanol–water partition coefficient (Wildman–Crippen LogP) is 1.66. The maximum Gasteiger partial charge on any atom is 0.148 e. The maximum absolute atomic E-state index is 11.1. The Labute approximate surface area is 123 Å². The number of benzene rings is 1. The SMILES string of the molecule is CC(C)NCc1ccc(CN(C)CCS(C)(=O)=O)cc1. The molecule has 1 aromatic rings. The van der Waals surface area contributed by atoms with Crippen molar-refractivity contribution in [3.63, 3.8) is 0 Å². The first-order valence-electron chi connectivity index (χ1n) is 6.94. The highest BCUT2D eigenvalue weighted by Gasteiger charge is 2.06. The third kappa shape index (κ3) is 7.62. The third-order valence-corrected chi connectivity index (χ3v) is 3.96. The van der Waals surface area contributed by atoms with Crippen molar-refractivity contribution in [1.29, 1.82) is 0 Å². The van der Waals surface area contributed by atoms with Crippen LogP contribution in [0.15, 0.2) is 24.3 Å². The fourth-order valence-electron chi connectivity index (χ4n) is 1.80. The van der Waals surface area contributed by atoms with Crippen LogP contribution in [0.4, 0.5) is 0 Å². The summed E-state index contributed by atoms with van der Waals surface area (Å²) in [6.45, 7) is 6.47. The van der Waals surface area contributed by atoms with Crippen molar-refractivity contribution in [3.8, 4) is 0 Å². The summed E-state index contributed by atoms with van der Waals surface area (Å²) in [6.07, 6.45) is 1.28. The molecule has 1 rings (SSSR count). The minimum atomic E-state index is -2.88. The van der Waals surface area contributed by atoms with Crippen molar-refractivity contribution in [2.45, 2.75) is 33.0 Å². The van der Waals surface area contributed by atoms with E-state index in [0.29, 0.717) is 12.6 Å². The zero-order valence-electron chi connectivity index (χ0n) is 12.9. The first-order chi connectivity index (χ1) is 9.26. The van der Waals surface area contributed by atoms with Crippen LogP contribution >= 0.6 is 0 Å². The van der Waals surface area contributed by atoms with Crippen molar-refractivity contribution in [3.05, 3.63) is 35.4 Å². The molecule has 0 fully saturated rings. The Morgan fingerprint density at radius 1 is 1.15 bits per heavy atom. The van der Waals surface area contributed by atoms with Crippen molar-refractivity contribution in [2.75, 3.05) is 25.6 Å². The van der Waals surface area contributed by atoms with Crippen LogP contribution in [0.2, 0.25) is 0 Å². The summed E-state index contributed by atoms with van der Waals surface area (Å²) in [5.74, 6) is 0.208. The highest BCUT2D eigenvalue weighted by molar-refractivity contribution is 7.90. The molecule has 0 bridgehead atoms. The van der Waals surface area contributed by atoms with E-state index in [9.17, 15) is 8.42 Å². The molecule has 5 heteroatoms. The maximum atomic E-state index is 11.1. The summed E-state index contributed by atoms with van der Waals surface area (Å²) in [7, 11) is -0.940. The molecule has 20 heavy (non-hydrogen) atoms. The molecule has 0 atom stereocenters. The van der Waals surface area contributed by atoms with Crippen molar-refractivity contribution >= 4 is 9.84 Å². The van der Waals surface area contributed by atoms with E-state index in [1.807, 2.05) is 11.9 Å². The summed E-state index contributed by atoms with van der Waals surface area (Å²) in [5, 5.41) is 3.38. The van der Waals surface area contributed by atoms with Gasteiger partial charge < -0.3 is 10.2 Å². The van der Waals surface area contributed by atoms with Gasteiger partial charge in [0.2, 0.25) is 0 Å². The molecule has 0 aliphatic carbocycles. The summed E-state index contributed by atoms with van der Waals surface area (Å²) < 4.78 is 22.3. The van der Waals surface area contributed by atoms with Gasteiger partial charge in [0.1, 0.15) is 9.84 Å². The normalized spacial score (nSPS) is 12.3. The molecule has 1 aromatic carbocycles. The van der Waals surface area contributed by atoms with E-state index in [0.717, 1.165) is 13.1 Å². The Hall–Kier alpha value is -0.910. The third-order valence-electron chi connectivity index (χ3n) is 3.03. The van der Waals surface area contributed by atoms with Crippen molar-refractivity contribution < 1.29 is 8.42 Å². The lowest BCUT2D eigenvalue weighted by Gasteiger charge is -2.16. The standard InChI is InChI=1S/C15H26N2O2S/c1-13(2)16-11-14-5-7-15(8-6-14)12-17(3)9-10-20(4,18)19/h5-8,13,16H,9-12H2,1-4H3. The molecule has 0 aliphatic heterocycles. The number of hydrogen-bond acceptors (Lipinski definition) is 4. The summed E-state index contributed by atoms with van der Waals surface area (Å²) in [6, 6.07) is 8.93. The minimum Gasteiger partial charge on any atom is -0.310 e. The zero-order valence-corrected chi connectivity index (χ0v) is 13.7. The molecule has 0 aliphatic rings. The largest absolute Gasteiger partial charge is 0.310 e. The van der Waals surface area contributed by atoms with Gasteiger partial charge in [0.05, 0.1) is 5.75 Å². The average molecular weight is 298 g/mol. The summed E-state index contributed by atoms with van der Waals surface area (Å²) >= 11 is 0. The zero-order chi connectivity index (χ0) is 15.2. The van der Waals surface area contributed by atoms with Gasteiger partial charge in [-0.15, -0.1) is 0 Å². The Morgan fingerprint density at radius 2 is 1.70 bits per heavy atom. The van der Waals surface area contributed by atoms with E-state index in [1.54, 1.807) is 0 Å². The van der Waals surface area contributed by atoms with Crippen LogP contribution in [0.5, 0.6) is 0 Å². The highest BCUT2D eigenvalue weighted by Crippen LogP contribution is 2.07. The van der Waals surface area contributed by atoms with Gasteiger partial charge in [0.15, 0.2) is 0 Å². The minimum absolute atomic E-state index is 0.208. The molecule has 0 amide bonds. The molecule has 4 nitrogen and oxygen atoms in total. The molecule has 1 N–H and O–H groups in total. The van der Waals surface area contributed by atoms with E-state index in [-0.39, 0.29) is 5.75 Å². The smallest absolute Gasteiger partial charge is 0.148 e. The van der Waals surface area contributed by atoms with Gasteiger partial charge in [-0.25, -0.2) is 8.42 Å². The van der Waals surface area contributed by atoms with E-state index >= 15 is 0 Å². The van der Waals surface area contributed by atoms with Crippen molar-refractivity contribution in [1.82, 2.24) is 10.2 Å². The Bertz CT molecular complexity index is 495. The van der Waals surface area contributed by atoms with E-state index in [1.165, 1.54) is 17.4 Å². The Balaban J connectivity index is 2.44. The van der Waals surface area contributed by atoms with E-state index in [2.05, 4.69) is 43.4 Å². The fraction of sp³-hybridized carbons (Fsp3) is 0.600. The fourth-order valence-corrected chi connectivity index (χ4v) is 2.44. The van der Waals surface area contributed by atoms with Crippen LogP contribution in [-0.4, -0.2) is 45.0 Å². The monoisotopic (exact) mass is 298 g/mol. The molecule has 0 spiro atoms. The summed E-state index contributed by atoms with van der Waals surface area (Å²) in [5.41, 5.74) is 2.47. The topological polar surface area (TPSA) is 49.4 Å². The molecular formula is C15H26N2O2S. The van der Waals surface area contributed by atoms with E-state index in [4.69, 9.17) is 0 Å². The molecule has 0 saturated heterocycles. The van der Waals surface area contributed by atoms with Gasteiger partial charge >= 0.3 is 0 Å². The van der Waals surface area contributed by atoms with Crippen LogP contribution in [0.25, 0.3) is 0 Å². The van der Waals surface area contributed by atoms with Gasteiger partial charge in [0, 0.05) is 31.9 Å². The van der Waals surface area contributed by atoms with Gasteiger partial charge in [-0.1, -0.05) is 38.1 Å². The second-order valence-electron chi connectivity index (χ2n) is 5.72. The first kappa shape index (κ1) is 17.1. The van der Waals surface area contributed by atoms with Crippen LogP contribution in [-0.2, 0) is 22.9 Å². The Morgan fingerprint density at radius 3 is 2.20 bits per heavy atom. The van der Waals surface area contributed by atoms with Gasteiger partial charge in [-0.3, -0.25) is 0 Å². The Kier molecular flexibility index (Phi) is 6.65. The number of sulfone groups is 1. The molecule has 0 heterocycles. The molecule has 114 valence electrons. The lowest BCUT2D eigenvalue weighted by atomic mass is 10.1. The van der Waals surface area contributed by atoms with Gasteiger partial charge in [-0.2, -0.15) is 0 Å². The lowest BCUT2D eigenvalue weighted by molar-refractivity contribution is 0.346. The van der Waals surface area contributed by atoms with Crippen LogP contribution in [0.1, 0.15) is 25.0 Å².